The van der Waals surface area contributed by atoms with Crippen LogP contribution in [0, 0.1) is 0 Å². The first-order chi connectivity index (χ1) is 11.4. The second-order valence-electron chi connectivity index (χ2n) is 5.13. The smallest absolute Gasteiger partial charge is 0.372 e. The first-order valence-electron chi connectivity index (χ1n) is 7.44. The predicted molar refractivity (Wildman–Crippen MR) is 81.8 cm³/mol. The molecular formula is C16H18F3N3O2. The fourth-order valence-electron chi connectivity index (χ4n) is 2.02. The van der Waals surface area contributed by atoms with E-state index in [0.29, 0.717) is 13.0 Å². The van der Waals surface area contributed by atoms with Crippen molar-refractivity contribution < 1.29 is 22.7 Å². The maximum absolute atomic E-state index is 11.9. The zero-order valence-electron chi connectivity index (χ0n) is 12.9. The van der Waals surface area contributed by atoms with Gasteiger partial charge in [0.2, 0.25) is 5.91 Å². The third-order valence-corrected chi connectivity index (χ3v) is 3.18. The third kappa shape index (κ3) is 6.41. The number of aromatic nitrogens is 2. The number of carbonyl (C=O) groups is 1. The lowest BCUT2D eigenvalue weighted by atomic mass is 10.1. The standard InChI is InChI=1S/C16H18F3N3O2/c17-16(18,19)12-24-11-7-15(23)20-9-6-13-2-4-14(5-3-13)22-10-1-8-21-22/h1-5,8,10H,6-7,9,11-12H2,(H,20,23). The average molecular weight is 341 g/mol. The number of hydrogen-bond donors (Lipinski definition) is 1. The van der Waals surface area contributed by atoms with Crippen LogP contribution < -0.4 is 5.32 Å². The lowest BCUT2D eigenvalue weighted by Crippen LogP contribution is -2.27. The minimum Gasteiger partial charge on any atom is -0.372 e. The van der Waals surface area contributed by atoms with Gasteiger partial charge in [0.05, 0.1) is 12.3 Å². The van der Waals surface area contributed by atoms with E-state index < -0.39 is 12.8 Å². The molecule has 1 N–H and O–H groups in total. The van der Waals surface area contributed by atoms with Crippen molar-refractivity contribution in [1.29, 1.82) is 0 Å². The lowest BCUT2D eigenvalue weighted by Gasteiger charge is -2.08. The Hall–Kier alpha value is -2.35. The average Bonchev–Trinajstić information content (AvgIpc) is 3.06. The van der Waals surface area contributed by atoms with Crippen molar-refractivity contribution in [2.24, 2.45) is 0 Å². The summed E-state index contributed by atoms with van der Waals surface area (Å²) < 4.78 is 41.7. The van der Waals surface area contributed by atoms with Gasteiger partial charge in [0.1, 0.15) is 6.61 Å². The van der Waals surface area contributed by atoms with E-state index in [1.807, 2.05) is 36.5 Å². The highest BCUT2D eigenvalue weighted by Gasteiger charge is 2.27. The summed E-state index contributed by atoms with van der Waals surface area (Å²) in [5, 5.41) is 6.78. The van der Waals surface area contributed by atoms with E-state index in [1.165, 1.54) is 0 Å². The van der Waals surface area contributed by atoms with E-state index in [-0.39, 0.29) is 18.9 Å². The fourth-order valence-corrected chi connectivity index (χ4v) is 2.02. The van der Waals surface area contributed by atoms with Gasteiger partial charge in [-0.3, -0.25) is 4.79 Å². The van der Waals surface area contributed by atoms with E-state index >= 15 is 0 Å². The first kappa shape index (κ1) is 18.0. The highest BCUT2D eigenvalue weighted by Crippen LogP contribution is 2.14. The minimum absolute atomic E-state index is 0.0890. The molecule has 1 aromatic heterocycles. The van der Waals surface area contributed by atoms with Crippen molar-refractivity contribution in [2.45, 2.75) is 19.0 Å². The Kier molecular flexibility index (Phi) is 6.36. The molecule has 0 fully saturated rings. The summed E-state index contributed by atoms with van der Waals surface area (Å²) in [5.41, 5.74) is 1.98. The Morgan fingerprint density at radius 2 is 2.00 bits per heavy atom. The Morgan fingerprint density at radius 3 is 2.62 bits per heavy atom. The molecule has 130 valence electrons. The van der Waals surface area contributed by atoms with Crippen molar-refractivity contribution in [3.63, 3.8) is 0 Å². The van der Waals surface area contributed by atoms with Gasteiger partial charge in [-0.25, -0.2) is 4.68 Å². The molecule has 24 heavy (non-hydrogen) atoms. The third-order valence-electron chi connectivity index (χ3n) is 3.18. The Bertz CT molecular complexity index is 625. The number of nitrogens with zero attached hydrogens (tertiary/aromatic N) is 2. The summed E-state index contributed by atoms with van der Waals surface area (Å²) in [7, 11) is 0. The fraction of sp³-hybridized carbons (Fsp3) is 0.375. The van der Waals surface area contributed by atoms with Crippen molar-refractivity contribution in [3.05, 3.63) is 48.3 Å². The molecule has 0 aliphatic carbocycles. The maximum atomic E-state index is 11.9. The van der Waals surface area contributed by atoms with Gasteiger partial charge >= 0.3 is 6.18 Å². The number of nitrogens with one attached hydrogen (secondary N) is 1. The highest BCUT2D eigenvalue weighted by molar-refractivity contribution is 5.75. The van der Waals surface area contributed by atoms with Crippen LogP contribution in [-0.2, 0) is 16.0 Å². The molecule has 1 heterocycles. The Labute approximate surface area is 137 Å². The van der Waals surface area contributed by atoms with Crippen molar-refractivity contribution >= 4 is 5.91 Å². The van der Waals surface area contributed by atoms with Crippen LogP contribution in [0.25, 0.3) is 5.69 Å². The summed E-state index contributed by atoms with van der Waals surface area (Å²) in [5.74, 6) is -0.328. The molecule has 0 radical (unpaired) electrons. The van der Waals surface area contributed by atoms with Gasteiger partial charge < -0.3 is 10.1 Å². The number of amides is 1. The van der Waals surface area contributed by atoms with Crippen molar-refractivity contribution in [3.8, 4) is 5.69 Å². The molecule has 8 heteroatoms. The SMILES string of the molecule is O=C(CCOCC(F)(F)F)NCCc1ccc(-n2cccn2)cc1. The van der Waals surface area contributed by atoms with E-state index in [9.17, 15) is 18.0 Å². The maximum Gasteiger partial charge on any atom is 0.411 e. The molecule has 0 atom stereocenters. The van der Waals surface area contributed by atoms with E-state index in [4.69, 9.17) is 0 Å². The molecule has 0 bridgehead atoms. The first-order valence-corrected chi connectivity index (χ1v) is 7.44. The van der Waals surface area contributed by atoms with Crippen LogP contribution in [0.3, 0.4) is 0 Å². The van der Waals surface area contributed by atoms with Crippen LogP contribution in [0.15, 0.2) is 42.7 Å². The van der Waals surface area contributed by atoms with Crippen LogP contribution in [0.5, 0.6) is 0 Å². The van der Waals surface area contributed by atoms with Gasteiger partial charge in [0, 0.05) is 25.4 Å². The van der Waals surface area contributed by atoms with E-state index in [2.05, 4.69) is 15.2 Å². The number of hydrogen-bond acceptors (Lipinski definition) is 3. The second kappa shape index (κ2) is 8.49. The summed E-state index contributed by atoms with van der Waals surface area (Å²) in [6.07, 6.45) is -0.278. The van der Waals surface area contributed by atoms with Crippen LogP contribution in [0.2, 0.25) is 0 Å². The number of rotatable bonds is 8. The summed E-state index contributed by atoms with van der Waals surface area (Å²) >= 11 is 0. The number of alkyl halides is 3. The van der Waals surface area contributed by atoms with Gasteiger partial charge in [-0.15, -0.1) is 0 Å². The molecule has 2 aromatic rings. The Morgan fingerprint density at radius 1 is 1.25 bits per heavy atom. The predicted octanol–water partition coefficient (Wildman–Crippen LogP) is 2.50. The quantitative estimate of drug-likeness (QED) is 0.751. The minimum atomic E-state index is -4.36. The van der Waals surface area contributed by atoms with Crippen molar-refractivity contribution in [2.75, 3.05) is 19.8 Å². The normalized spacial score (nSPS) is 11.5. The molecule has 0 saturated heterocycles. The van der Waals surface area contributed by atoms with Gasteiger partial charge in [0.25, 0.3) is 0 Å². The lowest BCUT2D eigenvalue weighted by molar-refractivity contribution is -0.174. The molecule has 1 aromatic carbocycles. The van der Waals surface area contributed by atoms with Crippen LogP contribution in [-0.4, -0.2) is 41.6 Å². The topological polar surface area (TPSA) is 56.1 Å². The molecule has 0 spiro atoms. The molecule has 0 saturated carbocycles. The molecule has 0 aliphatic heterocycles. The number of benzene rings is 1. The Balaban J connectivity index is 1.64. The molecule has 0 aliphatic rings. The number of carbonyl (C=O) groups excluding carboxylic acids is 1. The van der Waals surface area contributed by atoms with Crippen LogP contribution in [0.4, 0.5) is 13.2 Å². The summed E-state index contributed by atoms with van der Waals surface area (Å²) in [6, 6.07) is 9.57. The van der Waals surface area contributed by atoms with E-state index in [0.717, 1.165) is 11.3 Å². The highest BCUT2D eigenvalue weighted by atomic mass is 19.4. The zero-order chi connectivity index (χ0) is 17.4. The van der Waals surface area contributed by atoms with E-state index in [1.54, 1.807) is 10.9 Å². The molecule has 5 nitrogen and oxygen atoms in total. The van der Waals surface area contributed by atoms with Crippen LogP contribution >= 0.6 is 0 Å². The molecule has 2 rings (SSSR count). The largest absolute Gasteiger partial charge is 0.411 e. The number of halogens is 3. The molecule has 1 amide bonds. The zero-order valence-corrected chi connectivity index (χ0v) is 12.9. The van der Waals surface area contributed by atoms with Gasteiger partial charge in [-0.1, -0.05) is 12.1 Å². The monoisotopic (exact) mass is 341 g/mol. The summed E-state index contributed by atoms with van der Waals surface area (Å²) in [6.45, 7) is -1.16. The second-order valence-corrected chi connectivity index (χ2v) is 5.13. The van der Waals surface area contributed by atoms with Gasteiger partial charge in [0.15, 0.2) is 0 Å². The molecule has 0 unspecified atom stereocenters. The summed E-state index contributed by atoms with van der Waals surface area (Å²) in [4.78, 5) is 11.5. The van der Waals surface area contributed by atoms with Gasteiger partial charge in [-0.2, -0.15) is 18.3 Å². The number of ether oxygens (including phenoxy) is 1. The molecular weight excluding hydrogens is 323 g/mol. The van der Waals surface area contributed by atoms with Gasteiger partial charge in [-0.05, 0) is 30.2 Å². The van der Waals surface area contributed by atoms with Crippen LogP contribution in [0.1, 0.15) is 12.0 Å². The van der Waals surface area contributed by atoms with Crippen molar-refractivity contribution in [1.82, 2.24) is 15.1 Å².